The summed E-state index contributed by atoms with van der Waals surface area (Å²) in [5, 5.41) is 2.85. The Morgan fingerprint density at radius 2 is 1.69 bits per heavy atom. The van der Waals surface area contributed by atoms with Crippen LogP contribution in [0.4, 0.5) is 14.9 Å². The summed E-state index contributed by atoms with van der Waals surface area (Å²) in [5.74, 6) is -2.55. The van der Waals surface area contributed by atoms with E-state index < -0.39 is 23.7 Å². The molecule has 3 aromatic rings. The van der Waals surface area contributed by atoms with Gasteiger partial charge in [0.25, 0.3) is 11.8 Å². The number of aromatic nitrogens is 1. The average molecular weight is 474 g/mol. The second-order valence-corrected chi connectivity index (χ2v) is 8.58. The maximum Gasteiger partial charge on any atom is 0.336 e. The fraction of sp³-hybridized carbons (Fsp3) is 0.231. The van der Waals surface area contributed by atoms with Crippen LogP contribution in [-0.2, 0) is 20.9 Å². The minimum Gasteiger partial charge on any atom is -0.341 e. The van der Waals surface area contributed by atoms with E-state index in [0.29, 0.717) is 10.5 Å². The molecule has 0 aliphatic carbocycles. The number of fused-ring (bicyclic) bond motifs is 1. The second-order valence-electron chi connectivity index (χ2n) is 8.58. The predicted molar refractivity (Wildman–Crippen MR) is 128 cm³/mol. The zero-order valence-electron chi connectivity index (χ0n) is 18.9. The third-order valence-corrected chi connectivity index (χ3v) is 6.33. The number of benzene rings is 2. The van der Waals surface area contributed by atoms with Crippen LogP contribution < -0.4 is 10.2 Å². The number of urea groups is 1. The van der Waals surface area contributed by atoms with E-state index in [1.165, 1.54) is 24.3 Å². The highest BCUT2D eigenvalue weighted by Crippen LogP contribution is 2.28. The summed E-state index contributed by atoms with van der Waals surface area (Å²) in [5.41, 5.74) is 0.754. The van der Waals surface area contributed by atoms with Gasteiger partial charge in [0.15, 0.2) is 0 Å². The van der Waals surface area contributed by atoms with Crippen LogP contribution in [0.2, 0.25) is 0 Å². The highest BCUT2D eigenvalue weighted by molar-refractivity contribution is 6.39. The largest absolute Gasteiger partial charge is 0.341 e. The average Bonchev–Trinajstić information content (AvgIpc) is 3.20. The van der Waals surface area contributed by atoms with Crippen LogP contribution in [0, 0.1) is 5.82 Å². The van der Waals surface area contributed by atoms with Crippen molar-refractivity contribution in [2.45, 2.75) is 25.8 Å². The number of piperidine rings is 1. The van der Waals surface area contributed by atoms with Gasteiger partial charge in [0.2, 0.25) is 5.91 Å². The van der Waals surface area contributed by atoms with Crippen molar-refractivity contribution in [3.05, 3.63) is 71.7 Å². The molecule has 1 N–H and O–H groups in total. The monoisotopic (exact) mass is 474 g/mol. The van der Waals surface area contributed by atoms with Crippen LogP contribution in [-0.4, -0.2) is 46.3 Å². The van der Waals surface area contributed by atoms with E-state index in [4.69, 9.17) is 0 Å². The Hall–Kier alpha value is -4.27. The van der Waals surface area contributed by atoms with E-state index in [1.54, 1.807) is 10.8 Å². The first-order valence-corrected chi connectivity index (χ1v) is 11.5. The van der Waals surface area contributed by atoms with Crippen molar-refractivity contribution >= 4 is 46.4 Å². The molecule has 0 unspecified atom stereocenters. The summed E-state index contributed by atoms with van der Waals surface area (Å²) in [6.45, 7) is 1.61. The lowest BCUT2D eigenvalue weighted by atomic mass is 10.1. The number of barbiturate groups is 1. The first-order chi connectivity index (χ1) is 16.9. The van der Waals surface area contributed by atoms with Gasteiger partial charge in [-0.15, -0.1) is 0 Å². The molecule has 2 aliphatic heterocycles. The van der Waals surface area contributed by atoms with Gasteiger partial charge in [-0.05, 0) is 43.5 Å². The third kappa shape index (κ3) is 4.21. The number of hydrogen-bond donors (Lipinski definition) is 1. The predicted octanol–water partition coefficient (Wildman–Crippen LogP) is 3.46. The number of likely N-dealkylation sites (tertiary alicyclic amines) is 1. The van der Waals surface area contributed by atoms with Gasteiger partial charge in [-0.3, -0.25) is 19.7 Å². The van der Waals surface area contributed by atoms with E-state index in [9.17, 15) is 23.6 Å². The summed E-state index contributed by atoms with van der Waals surface area (Å²) >= 11 is 0. The van der Waals surface area contributed by atoms with Crippen molar-refractivity contribution in [3.63, 3.8) is 0 Å². The Balaban J connectivity index is 1.52. The number of carbonyl (C=O) groups is 4. The van der Waals surface area contributed by atoms with Crippen LogP contribution in [0.25, 0.3) is 17.0 Å². The van der Waals surface area contributed by atoms with Crippen LogP contribution in [0.5, 0.6) is 0 Å². The minimum atomic E-state index is -1.02. The van der Waals surface area contributed by atoms with E-state index in [2.05, 4.69) is 5.32 Å². The van der Waals surface area contributed by atoms with E-state index in [-0.39, 0.29) is 23.7 Å². The Morgan fingerprint density at radius 3 is 2.46 bits per heavy atom. The molecule has 2 aliphatic rings. The summed E-state index contributed by atoms with van der Waals surface area (Å²) in [6.07, 6.45) is 6.19. The first kappa shape index (κ1) is 22.5. The van der Waals surface area contributed by atoms with Crippen molar-refractivity contribution in [2.75, 3.05) is 18.0 Å². The SMILES string of the molecule is O=C1NC(=O)N(c2ccccc2F)C(=O)/C1=C/c1cn(CC(=O)N2CCCCC2)c2ccccc12. The minimum absolute atomic E-state index is 0.00691. The maximum atomic E-state index is 14.3. The second kappa shape index (κ2) is 9.17. The summed E-state index contributed by atoms with van der Waals surface area (Å²) in [7, 11) is 0. The molecule has 178 valence electrons. The molecule has 0 atom stereocenters. The van der Waals surface area contributed by atoms with Gasteiger partial charge in [0, 0.05) is 35.8 Å². The lowest BCUT2D eigenvalue weighted by Crippen LogP contribution is -2.54. The Bertz CT molecular complexity index is 1390. The smallest absolute Gasteiger partial charge is 0.336 e. The first-order valence-electron chi connectivity index (χ1n) is 11.5. The van der Waals surface area contributed by atoms with Crippen molar-refractivity contribution in [1.82, 2.24) is 14.8 Å². The van der Waals surface area contributed by atoms with Crippen molar-refractivity contribution in [2.24, 2.45) is 0 Å². The van der Waals surface area contributed by atoms with Gasteiger partial charge in [0.1, 0.15) is 17.9 Å². The number of imide groups is 2. The standard InChI is InChI=1S/C26H23FN4O4/c27-20-9-3-5-11-22(20)31-25(34)19(24(33)28-26(31)35)14-17-15-30(21-10-4-2-8-18(17)21)16-23(32)29-12-6-1-7-13-29/h2-5,8-11,14-15H,1,6-7,12-13,16H2,(H,28,33,35)/b19-14+. The lowest BCUT2D eigenvalue weighted by Gasteiger charge is -2.27. The number of nitrogens with one attached hydrogen (secondary N) is 1. The highest BCUT2D eigenvalue weighted by atomic mass is 19.1. The van der Waals surface area contributed by atoms with Crippen molar-refractivity contribution in [1.29, 1.82) is 0 Å². The van der Waals surface area contributed by atoms with Crippen LogP contribution in [0.3, 0.4) is 0 Å². The zero-order valence-corrected chi connectivity index (χ0v) is 18.9. The van der Waals surface area contributed by atoms with Crippen LogP contribution >= 0.6 is 0 Å². The number of hydrogen-bond acceptors (Lipinski definition) is 4. The number of rotatable bonds is 4. The maximum absolute atomic E-state index is 14.3. The van der Waals surface area contributed by atoms with E-state index in [1.807, 2.05) is 29.2 Å². The van der Waals surface area contributed by atoms with Crippen molar-refractivity contribution < 1.29 is 23.6 Å². The molecule has 1 aromatic heterocycles. The number of anilines is 1. The molecule has 8 nitrogen and oxygen atoms in total. The molecule has 0 spiro atoms. The fourth-order valence-corrected chi connectivity index (χ4v) is 4.57. The molecular weight excluding hydrogens is 451 g/mol. The molecule has 35 heavy (non-hydrogen) atoms. The number of halogens is 1. The van der Waals surface area contributed by atoms with Crippen LogP contribution in [0.15, 0.2) is 60.3 Å². The lowest BCUT2D eigenvalue weighted by molar-refractivity contribution is -0.132. The molecule has 2 aromatic carbocycles. The summed E-state index contributed by atoms with van der Waals surface area (Å²) in [6, 6.07) is 11.7. The van der Waals surface area contributed by atoms with E-state index >= 15 is 0 Å². The van der Waals surface area contributed by atoms with Crippen LogP contribution in [0.1, 0.15) is 24.8 Å². The Kier molecular flexibility index (Phi) is 5.90. The Morgan fingerprint density at radius 1 is 0.971 bits per heavy atom. The molecule has 0 radical (unpaired) electrons. The summed E-state index contributed by atoms with van der Waals surface area (Å²) < 4.78 is 16.1. The molecule has 2 fully saturated rings. The molecule has 0 bridgehead atoms. The number of carbonyl (C=O) groups excluding carboxylic acids is 4. The summed E-state index contributed by atoms with van der Waals surface area (Å²) in [4.78, 5) is 53.5. The molecule has 5 amide bonds. The number of para-hydroxylation sites is 2. The van der Waals surface area contributed by atoms with E-state index in [0.717, 1.165) is 49.3 Å². The topological polar surface area (TPSA) is 91.7 Å². The van der Waals surface area contributed by atoms with Gasteiger partial charge < -0.3 is 9.47 Å². The molecule has 3 heterocycles. The number of amides is 5. The van der Waals surface area contributed by atoms with Crippen molar-refractivity contribution in [3.8, 4) is 0 Å². The zero-order chi connectivity index (χ0) is 24.5. The van der Waals surface area contributed by atoms with Gasteiger partial charge in [-0.2, -0.15) is 0 Å². The normalized spacial score (nSPS) is 17.9. The highest BCUT2D eigenvalue weighted by Gasteiger charge is 2.38. The quantitative estimate of drug-likeness (QED) is 0.463. The van der Waals surface area contributed by atoms with Gasteiger partial charge in [-0.25, -0.2) is 14.1 Å². The number of nitrogens with zero attached hydrogens (tertiary/aromatic N) is 3. The van der Waals surface area contributed by atoms with Gasteiger partial charge in [-0.1, -0.05) is 30.3 Å². The third-order valence-electron chi connectivity index (χ3n) is 6.33. The fourth-order valence-electron chi connectivity index (χ4n) is 4.57. The van der Waals surface area contributed by atoms with Gasteiger partial charge >= 0.3 is 6.03 Å². The van der Waals surface area contributed by atoms with Gasteiger partial charge in [0.05, 0.1) is 5.69 Å². The molecule has 2 saturated heterocycles. The molecule has 5 rings (SSSR count). The molecule has 9 heteroatoms. The molecule has 0 saturated carbocycles. The Labute approximate surface area is 200 Å². The molecular formula is C26H23FN4O4.